The fourth-order valence-electron chi connectivity index (χ4n) is 0.275. The van der Waals surface area contributed by atoms with E-state index in [4.69, 9.17) is 0 Å². The lowest BCUT2D eigenvalue weighted by atomic mass is 10.4. The Morgan fingerprint density at radius 1 is 1.50 bits per heavy atom. The number of rotatable bonds is 1. The zero-order chi connectivity index (χ0) is 6.36. The van der Waals surface area contributed by atoms with Gasteiger partial charge in [-0.25, -0.2) is 13.2 Å². The topological polar surface area (TPSA) is 12.5 Å². The molecule has 48 valence electrons. The monoisotopic (exact) mass is 130 g/mol. The van der Waals surface area contributed by atoms with Gasteiger partial charge in [0.2, 0.25) is 0 Å². The zero-order valence-corrected chi connectivity index (χ0v) is 3.57. The molecule has 1 rings (SSSR count). The number of hydrogen-bond donors (Lipinski definition) is 0. The first kappa shape index (κ1) is 5.81. The molecule has 1 saturated heterocycles. The van der Waals surface area contributed by atoms with Gasteiger partial charge in [-0.2, -0.15) is 4.39 Å². The maximum absolute atomic E-state index is 11.7. The van der Waals surface area contributed by atoms with E-state index in [1.165, 1.54) is 0 Å². The smallest absolute Gasteiger partial charge is 0.297 e. The van der Waals surface area contributed by atoms with Crippen molar-refractivity contribution in [1.29, 1.82) is 0 Å². The lowest BCUT2D eigenvalue weighted by molar-refractivity contribution is -0.0336. The Kier molecular flexibility index (Phi) is 0.974. The predicted molar refractivity (Wildman–Crippen MR) is 15.8 cm³/mol. The highest BCUT2D eigenvalue weighted by molar-refractivity contribution is 4.87. The molecule has 0 aromatic carbocycles. The van der Waals surface area contributed by atoms with E-state index in [1.54, 1.807) is 0 Å². The molecule has 0 spiro atoms. The standard InChI is InChI=1S/C3H2F4O/c4-1(5)3(7)2(6)8-3/h1-2H. The molecule has 1 aliphatic heterocycles. The highest BCUT2D eigenvalue weighted by Gasteiger charge is 2.67. The van der Waals surface area contributed by atoms with Crippen LogP contribution in [0.5, 0.6) is 0 Å². The Balaban J connectivity index is 2.47. The molecule has 0 aromatic rings. The van der Waals surface area contributed by atoms with Gasteiger partial charge in [0.05, 0.1) is 0 Å². The summed E-state index contributed by atoms with van der Waals surface area (Å²) in [6.45, 7) is 0. The predicted octanol–water partition coefficient (Wildman–Crippen LogP) is 1.24. The molecule has 1 heterocycles. The number of hydrogen-bond acceptors (Lipinski definition) is 1. The maximum atomic E-state index is 11.7. The summed E-state index contributed by atoms with van der Waals surface area (Å²) in [5.41, 5.74) is 0. The molecule has 2 unspecified atom stereocenters. The van der Waals surface area contributed by atoms with Crippen molar-refractivity contribution in [3.8, 4) is 0 Å². The molecular weight excluding hydrogens is 128 g/mol. The third kappa shape index (κ3) is 0.577. The summed E-state index contributed by atoms with van der Waals surface area (Å²) in [7, 11) is 0. The Hall–Kier alpha value is -0.320. The molecule has 0 N–H and O–H groups in total. The molecule has 0 radical (unpaired) electrons. The van der Waals surface area contributed by atoms with Crippen LogP contribution in [0, 0.1) is 0 Å². The summed E-state index contributed by atoms with van der Waals surface area (Å²) >= 11 is 0. The minimum atomic E-state index is -3.38. The van der Waals surface area contributed by atoms with E-state index < -0.39 is 18.6 Å². The molecule has 1 aliphatic rings. The van der Waals surface area contributed by atoms with E-state index in [0.29, 0.717) is 0 Å². The van der Waals surface area contributed by atoms with E-state index in [0.717, 1.165) is 0 Å². The normalized spacial score (nSPS) is 45.4. The number of alkyl halides is 4. The highest BCUT2D eigenvalue weighted by Crippen LogP contribution is 2.43. The van der Waals surface area contributed by atoms with E-state index in [2.05, 4.69) is 4.74 Å². The summed E-state index contributed by atoms with van der Waals surface area (Å²) in [6, 6.07) is 0. The zero-order valence-electron chi connectivity index (χ0n) is 3.57. The van der Waals surface area contributed by atoms with Crippen LogP contribution < -0.4 is 0 Å². The minimum absolute atomic E-state index is 2.43. The summed E-state index contributed by atoms with van der Waals surface area (Å²) in [6.07, 6.45) is -5.81. The summed E-state index contributed by atoms with van der Waals surface area (Å²) in [5.74, 6) is -3.29. The van der Waals surface area contributed by atoms with Crippen LogP contribution in [0.1, 0.15) is 0 Å². The van der Waals surface area contributed by atoms with Crippen molar-refractivity contribution in [1.82, 2.24) is 0 Å². The van der Waals surface area contributed by atoms with Crippen LogP contribution in [0.25, 0.3) is 0 Å². The van der Waals surface area contributed by atoms with Gasteiger partial charge < -0.3 is 0 Å². The van der Waals surface area contributed by atoms with Crippen molar-refractivity contribution in [2.75, 3.05) is 0 Å². The number of ether oxygens (including phenoxy) is 1. The molecule has 0 amide bonds. The van der Waals surface area contributed by atoms with Crippen molar-refractivity contribution < 1.29 is 22.3 Å². The molecule has 5 heteroatoms. The van der Waals surface area contributed by atoms with E-state index in [-0.39, 0.29) is 0 Å². The SMILES string of the molecule is FC(F)C1(F)OC1F. The quantitative estimate of drug-likeness (QED) is 0.384. The minimum Gasteiger partial charge on any atom is -0.297 e. The van der Waals surface area contributed by atoms with E-state index >= 15 is 0 Å². The third-order valence-electron chi connectivity index (χ3n) is 0.834. The molecule has 8 heavy (non-hydrogen) atoms. The van der Waals surface area contributed by atoms with Crippen LogP contribution >= 0.6 is 0 Å². The number of epoxide rings is 1. The van der Waals surface area contributed by atoms with Gasteiger partial charge >= 0.3 is 12.3 Å². The Bertz CT molecular complexity index is 105. The lowest BCUT2D eigenvalue weighted by Crippen LogP contribution is -2.16. The van der Waals surface area contributed by atoms with Gasteiger partial charge in [-0.1, -0.05) is 0 Å². The summed E-state index contributed by atoms with van der Waals surface area (Å²) < 4.78 is 48.5. The lowest BCUT2D eigenvalue weighted by Gasteiger charge is -1.93. The molecule has 2 atom stereocenters. The first-order valence-electron chi connectivity index (χ1n) is 1.86. The van der Waals surface area contributed by atoms with Gasteiger partial charge in [0.25, 0.3) is 6.36 Å². The maximum Gasteiger partial charge on any atom is 0.329 e. The average molecular weight is 130 g/mol. The highest BCUT2D eigenvalue weighted by atomic mass is 19.3. The van der Waals surface area contributed by atoms with Crippen molar-refractivity contribution in [2.24, 2.45) is 0 Å². The van der Waals surface area contributed by atoms with Gasteiger partial charge in [-0.05, 0) is 0 Å². The second-order valence-electron chi connectivity index (χ2n) is 1.43. The Morgan fingerprint density at radius 3 is 1.88 bits per heavy atom. The van der Waals surface area contributed by atoms with E-state index in [9.17, 15) is 17.6 Å². The Morgan fingerprint density at radius 2 is 1.88 bits per heavy atom. The van der Waals surface area contributed by atoms with Crippen molar-refractivity contribution in [2.45, 2.75) is 18.6 Å². The molecule has 0 bridgehead atoms. The second-order valence-corrected chi connectivity index (χ2v) is 1.43. The molecule has 1 fully saturated rings. The first-order valence-corrected chi connectivity index (χ1v) is 1.86. The third-order valence-corrected chi connectivity index (χ3v) is 0.834. The first-order chi connectivity index (χ1) is 3.57. The van der Waals surface area contributed by atoms with Crippen molar-refractivity contribution in [3.63, 3.8) is 0 Å². The van der Waals surface area contributed by atoms with Crippen LogP contribution in [0.3, 0.4) is 0 Å². The van der Waals surface area contributed by atoms with Crippen molar-refractivity contribution in [3.05, 3.63) is 0 Å². The van der Waals surface area contributed by atoms with Gasteiger partial charge in [0.15, 0.2) is 0 Å². The van der Waals surface area contributed by atoms with Gasteiger partial charge in [0, 0.05) is 0 Å². The molecule has 0 aromatic heterocycles. The van der Waals surface area contributed by atoms with Crippen LogP contribution in [0.15, 0.2) is 0 Å². The molecular formula is C3H2F4O. The van der Waals surface area contributed by atoms with E-state index in [1.807, 2.05) is 0 Å². The molecule has 1 nitrogen and oxygen atoms in total. The summed E-state index contributed by atoms with van der Waals surface area (Å²) in [5, 5.41) is 0. The summed E-state index contributed by atoms with van der Waals surface area (Å²) in [4.78, 5) is 0. The fraction of sp³-hybridized carbons (Fsp3) is 1.00. The van der Waals surface area contributed by atoms with Crippen LogP contribution in [0.2, 0.25) is 0 Å². The van der Waals surface area contributed by atoms with Crippen LogP contribution in [-0.2, 0) is 4.74 Å². The fourth-order valence-corrected chi connectivity index (χ4v) is 0.275. The van der Waals surface area contributed by atoms with Crippen LogP contribution in [0.4, 0.5) is 17.6 Å². The second kappa shape index (κ2) is 1.34. The molecule has 0 aliphatic carbocycles. The van der Waals surface area contributed by atoms with Gasteiger partial charge in [0.1, 0.15) is 0 Å². The largest absolute Gasteiger partial charge is 0.329 e. The van der Waals surface area contributed by atoms with Crippen LogP contribution in [-0.4, -0.2) is 18.6 Å². The average Bonchev–Trinajstić information content (AvgIpc) is 2.17. The Labute approximate surface area is 42.2 Å². The van der Waals surface area contributed by atoms with Gasteiger partial charge in [-0.3, -0.25) is 4.74 Å². The number of halogens is 4. The van der Waals surface area contributed by atoms with Crippen molar-refractivity contribution >= 4 is 0 Å². The van der Waals surface area contributed by atoms with Gasteiger partial charge in [-0.15, -0.1) is 0 Å². The molecule has 0 saturated carbocycles.